The fraction of sp³-hybridized carbons (Fsp3) is 0.111. The quantitative estimate of drug-likeness (QED) is 0.263. The Morgan fingerprint density at radius 3 is 1.55 bits per heavy atom. The fourth-order valence-electron chi connectivity index (χ4n) is 5.08. The zero-order valence-electron chi connectivity index (χ0n) is 16.8. The molecule has 0 radical (unpaired) electrons. The third-order valence-electron chi connectivity index (χ3n) is 6.37. The van der Waals surface area contributed by atoms with Gasteiger partial charge in [0.05, 0.1) is 0 Å². The number of allylic oxidation sites excluding steroid dienone is 2. The van der Waals surface area contributed by atoms with Gasteiger partial charge in [0.15, 0.2) is 0 Å². The standard InChI is InChI=1S/2C13H9O.CH2Cl.Zr/c2*1-2-5-11-9-12(8-10(11)4-1)13-6-3-7-14-13;1-2;/h2*1-9H;1H2;. The molecule has 2 aromatic heterocycles. The van der Waals surface area contributed by atoms with Crippen LogP contribution in [0.2, 0.25) is 0 Å². The number of rotatable bonds is 5. The van der Waals surface area contributed by atoms with Gasteiger partial charge in [-0.3, -0.25) is 0 Å². The van der Waals surface area contributed by atoms with Crippen LogP contribution in [0, 0.1) is 0 Å². The van der Waals surface area contributed by atoms with Crippen LogP contribution >= 0.6 is 11.6 Å². The third-order valence-corrected chi connectivity index (χ3v) is 15.7. The average molecular weight is 503 g/mol. The predicted octanol–water partition coefficient (Wildman–Crippen LogP) is 7.58. The summed E-state index contributed by atoms with van der Waals surface area (Å²) in [6.45, 7) is 0. The monoisotopic (exact) mass is 501 g/mol. The molecule has 0 fully saturated rings. The molecule has 0 saturated carbocycles. The SMILES string of the molecule is Cl[CH2][Zr]([CH]1C(c2ccco2)=Cc2ccccc21)[CH]1C(c2ccco2)=Cc2ccccc21. The molecule has 2 aromatic carbocycles. The van der Waals surface area contributed by atoms with Gasteiger partial charge in [-0.15, -0.1) is 0 Å². The van der Waals surface area contributed by atoms with Crippen molar-refractivity contribution < 1.29 is 30.6 Å². The van der Waals surface area contributed by atoms with Gasteiger partial charge in [-0.2, -0.15) is 0 Å². The first kappa shape index (κ1) is 19.3. The van der Waals surface area contributed by atoms with Gasteiger partial charge < -0.3 is 0 Å². The maximum absolute atomic E-state index is 6.89. The van der Waals surface area contributed by atoms with Gasteiger partial charge in [-0.25, -0.2) is 0 Å². The molecule has 2 atom stereocenters. The molecule has 0 bridgehead atoms. The zero-order valence-corrected chi connectivity index (χ0v) is 20.0. The Balaban J connectivity index is 1.52. The molecular weight excluding hydrogens is 483 g/mol. The van der Waals surface area contributed by atoms with E-state index in [9.17, 15) is 0 Å². The second-order valence-electron chi connectivity index (χ2n) is 7.99. The van der Waals surface area contributed by atoms with Crippen molar-refractivity contribution in [2.45, 2.75) is 7.25 Å². The maximum atomic E-state index is 6.89. The van der Waals surface area contributed by atoms with E-state index in [4.69, 9.17) is 20.4 Å². The van der Waals surface area contributed by atoms with E-state index < -0.39 is 21.8 Å². The fourth-order valence-corrected chi connectivity index (χ4v) is 14.8. The molecule has 151 valence electrons. The Morgan fingerprint density at radius 1 is 0.645 bits per heavy atom. The molecule has 2 nitrogen and oxygen atoms in total. The first-order chi connectivity index (χ1) is 15.3. The Hall–Kier alpha value is -2.35. The van der Waals surface area contributed by atoms with Crippen LogP contribution in [-0.2, 0) is 21.8 Å². The van der Waals surface area contributed by atoms with Gasteiger partial charge in [0.1, 0.15) is 0 Å². The summed E-state index contributed by atoms with van der Waals surface area (Å²) >= 11 is 4.44. The number of furan rings is 2. The van der Waals surface area contributed by atoms with Crippen LogP contribution in [0.4, 0.5) is 0 Å². The van der Waals surface area contributed by atoms with Gasteiger partial charge in [0, 0.05) is 0 Å². The van der Waals surface area contributed by atoms with Crippen molar-refractivity contribution in [3.63, 3.8) is 0 Å². The van der Waals surface area contributed by atoms with E-state index in [1.54, 1.807) is 12.5 Å². The number of halogens is 1. The minimum absolute atomic E-state index is 0.330. The summed E-state index contributed by atoms with van der Waals surface area (Å²) in [4.78, 5) is 0. The van der Waals surface area contributed by atoms with Crippen molar-refractivity contribution in [3.8, 4) is 0 Å². The normalized spacial score (nSPS) is 19.0. The van der Waals surface area contributed by atoms with E-state index in [0.717, 1.165) is 15.1 Å². The third kappa shape index (κ3) is 3.18. The first-order valence-electron chi connectivity index (χ1n) is 10.5. The summed E-state index contributed by atoms with van der Waals surface area (Å²) in [5.41, 5.74) is 7.93. The summed E-state index contributed by atoms with van der Waals surface area (Å²) < 4.78 is 13.2. The van der Waals surface area contributed by atoms with Gasteiger partial charge in [0.2, 0.25) is 0 Å². The van der Waals surface area contributed by atoms with Crippen molar-refractivity contribution in [1.29, 1.82) is 0 Å². The van der Waals surface area contributed by atoms with Crippen LogP contribution in [0.1, 0.15) is 41.0 Å². The topological polar surface area (TPSA) is 26.3 Å². The summed E-state index contributed by atoms with van der Waals surface area (Å²) in [5.74, 6) is 1.92. The second-order valence-corrected chi connectivity index (χ2v) is 15.9. The van der Waals surface area contributed by atoms with Crippen molar-refractivity contribution >= 4 is 34.9 Å². The van der Waals surface area contributed by atoms with E-state index in [1.807, 2.05) is 12.1 Å². The van der Waals surface area contributed by atoms with Crippen LogP contribution in [0.3, 0.4) is 0 Å². The molecule has 0 spiro atoms. The first-order valence-corrected chi connectivity index (χ1v) is 15.6. The number of fused-ring (bicyclic) bond motifs is 2. The Morgan fingerprint density at radius 2 is 1.13 bits per heavy atom. The summed E-state index contributed by atoms with van der Waals surface area (Å²) in [5, 5.41) is 0. The molecule has 0 N–H and O–H groups in total. The molecule has 2 unspecified atom stereocenters. The molecule has 2 aliphatic rings. The average Bonchev–Trinajstić information content (AvgIpc) is 3.60. The molecule has 6 rings (SSSR count). The van der Waals surface area contributed by atoms with Crippen LogP contribution in [-0.4, -0.2) is 3.59 Å². The van der Waals surface area contributed by atoms with Crippen LogP contribution in [0.5, 0.6) is 0 Å². The Labute approximate surface area is 194 Å². The molecule has 4 aromatic rings. The van der Waals surface area contributed by atoms with Crippen LogP contribution in [0.25, 0.3) is 23.3 Å². The number of hydrogen-bond donors (Lipinski definition) is 0. The van der Waals surface area contributed by atoms with Crippen molar-refractivity contribution in [2.24, 2.45) is 0 Å². The zero-order chi connectivity index (χ0) is 20.8. The number of benzene rings is 2. The second kappa shape index (κ2) is 7.97. The van der Waals surface area contributed by atoms with E-state index in [1.165, 1.54) is 33.4 Å². The molecule has 0 amide bonds. The molecular formula is C27H20ClO2Zr. The van der Waals surface area contributed by atoms with E-state index in [-0.39, 0.29) is 0 Å². The molecule has 4 heteroatoms. The summed E-state index contributed by atoms with van der Waals surface area (Å²) in [6, 6.07) is 25.6. The minimum atomic E-state index is -2.45. The van der Waals surface area contributed by atoms with Crippen LogP contribution < -0.4 is 0 Å². The summed E-state index contributed by atoms with van der Waals surface area (Å²) in [7, 11) is 0. The van der Waals surface area contributed by atoms with Crippen molar-refractivity contribution in [1.82, 2.24) is 0 Å². The van der Waals surface area contributed by atoms with Crippen molar-refractivity contribution in [2.75, 3.05) is 3.59 Å². The van der Waals surface area contributed by atoms with E-state index in [2.05, 4.69) is 72.8 Å². The van der Waals surface area contributed by atoms with Crippen LogP contribution in [0.15, 0.2) is 94.2 Å². The number of hydrogen-bond acceptors (Lipinski definition) is 2. The molecule has 0 aliphatic heterocycles. The Kier molecular flexibility index (Phi) is 4.97. The predicted molar refractivity (Wildman–Crippen MR) is 122 cm³/mol. The molecule has 0 saturated heterocycles. The Bertz CT molecular complexity index is 1180. The van der Waals surface area contributed by atoms with E-state index >= 15 is 0 Å². The molecule has 2 heterocycles. The van der Waals surface area contributed by atoms with Gasteiger partial charge in [-0.1, -0.05) is 0 Å². The summed E-state index contributed by atoms with van der Waals surface area (Å²) in [6.07, 6.45) is 8.14. The number of alkyl halides is 1. The molecule has 2 aliphatic carbocycles. The van der Waals surface area contributed by atoms with Gasteiger partial charge in [-0.05, 0) is 0 Å². The molecule has 31 heavy (non-hydrogen) atoms. The van der Waals surface area contributed by atoms with Crippen molar-refractivity contribution in [3.05, 3.63) is 119 Å². The van der Waals surface area contributed by atoms with E-state index in [0.29, 0.717) is 7.25 Å². The van der Waals surface area contributed by atoms with Gasteiger partial charge in [0.25, 0.3) is 0 Å². The van der Waals surface area contributed by atoms with Gasteiger partial charge >= 0.3 is 195 Å².